The fourth-order valence-corrected chi connectivity index (χ4v) is 6.65. The molecule has 0 saturated heterocycles. The molecule has 0 saturated carbocycles. The van der Waals surface area contributed by atoms with E-state index in [4.69, 9.17) is 8.83 Å². The molecule has 3 aliphatic rings. The number of benzene rings is 3. The van der Waals surface area contributed by atoms with Crippen LogP contribution in [0.2, 0.25) is 0 Å². The lowest BCUT2D eigenvalue weighted by molar-refractivity contribution is 0.0697. The van der Waals surface area contributed by atoms with E-state index in [1.807, 2.05) is 42.9 Å². The number of allylic oxidation sites excluding steroid dienone is 1. The van der Waals surface area contributed by atoms with E-state index in [1.54, 1.807) is 24.3 Å². The van der Waals surface area contributed by atoms with Crippen LogP contribution in [0.5, 0.6) is 0 Å². The van der Waals surface area contributed by atoms with Crippen molar-refractivity contribution in [3.63, 3.8) is 0 Å². The summed E-state index contributed by atoms with van der Waals surface area (Å²) in [4.78, 5) is 28.6. The highest BCUT2D eigenvalue weighted by Gasteiger charge is 2.32. The number of carbonyl (C=O) groups is 1. The average Bonchev–Trinajstić information content (AvgIpc) is 2.94. The van der Waals surface area contributed by atoms with Gasteiger partial charge in [-0.1, -0.05) is 31.2 Å². The molecular formula is C35H35N2O5+. The molecule has 6 rings (SSSR count). The van der Waals surface area contributed by atoms with Gasteiger partial charge in [0.25, 0.3) is 0 Å². The van der Waals surface area contributed by atoms with E-state index in [2.05, 4.69) is 45.6 Å². The number of hydrogen-bond acceptors (Lipinski definition) is 5. The zero-order valence-corrected chi connectivity index (χ0v) is 25.1. The van der Waals surface area contributed by atoms with Crippen LogP contribution in [0.25, 0.3) is 50.0 Å². The van der Waals surface area contributed by atoms with Crippen molar-refractivity contribution in [3.05, 3.63) is 87.1 Å². The Balaban J connectivity index is 1.86. The number of fused-ring (bicyclic) bond motifs is 5. The van der Waals surface area contributed by atoms with Crippen molar-refractivity contribution in [3.8, 4) is 22.5 Å². The summed E-state index contributed by atoms with van der Waals surface area (Å²) in [6, 6.07) is 14.7. The van der Waals surface area contributed by atoms with Gasteiger partial charge in [-0.2, -0.15) is 0 Å². The summed E-state index contributed by atoms with van der Waals surface area (Å²) < 4.78 is 14.7. The summed E-state index contributed by atoms with van der Waals surface area (Å²) in [6.07, 6.45) is 3.00. The minimum atomic E-state index is -1.07. The molecule has 0 radical (unpaired) electrons. The topological polar surface area (TPSA) is 86.9 Å². The minimum Gasteiger partial charge on any atom is -0.478 e. The lowest BCUT2D eigenvalue weighted by Gasteiger charge is -2.42. The molecule has 0 fully saturated rings. The number of hydrogen-bond donors (Lipinski definition) is 1. The number of aryl methyl sites for hydroxylation is 1. The van der Waals surface area contributed by atoms with Crippen molar-refractivity contribution < 1.29 is 18.7 Å². The van der Waals surface area contributed by atoms with Gasteiger partial charge in [-0.05, 0) is 63.5 Å². The maximum atomic E-state index is 13.9. The number of anilines is 1. The molecule has 2 aromatic carbocycles. The van der Waals surface area contributed by atoms with Crippen LogP contribution in [0.1, 0.15) is 56.1 Å². The van der Waals surface area contributed by atoms with Gasteiger partial charge in [0.15, 0.2) is 5.58 Å². The first-order chi connectivity index (χ1) is 20.0. The van der Waals surface area contributed by atoms with Gasteiger partial charge in [0.2, 0.25) is 5.36 Å². The first-order valence-electron chi connectivity index (χ1n) is 14.3. The monoisotopic (exact) mass is 563 g/mol. The zero-order valence-electron chi connectivity index (χ0n) is 25.1. The van der Waals surface area contributed by atoms with Gasteiger partial charge in [-0.3, -0.25) is 0 Å². The predicted octanol–water partition coefficient (Wildman–Crippen LogP) is 6.63. The Morgan fingerprint density at radius 2 is 1.74 bits per heavy atom. The molecular weight excluding hydrogens is 528 g/mol. The minimum absolute atomic E-state index is 0.102. The maximum Gasteiger partial charge on any atom is 0.348 e. The lowest BCUT2D eigenvalue weighted by Crippen LogP contribution is -2.44. The molecule has 1 aromatic heterocycles. The third-order valence-electron chi connectivity index (χ3n) is 8.48. The normalized spacial score (nSPS) is 14.4. The molecule has 0 spiro atoms. The second kappa shape index (κ2) is 9.72. The highest BCUT2D eigenvalue weighted by Crippen LogP contribution is 2.45. The summed E-state index contributed by atoms with van der Waals surface area (Å²) in [5.41, 5.74) is 5.95. The van der Waals surface area contributed by atoms with E-state index < -0.39 is 11.6 Å². The molecule has 0 atom stereocenters. The molecule has 1 aliphatic carbocycles. The van der Waals surface area contributed by atoms with Crippen LogP contribution >= 0.6 is 0 Å². The Bertz CT molecular complexity index is 2070. The first-order valence-corrected chi connectivity index (χ1v) is 14.3. The van der Waals surface area contributed by atoms with Gasteiger partial charge in [-0.25, -0.2) is 14.2 Å². The molecule has 7 heteroatoms. The SMILES string of the molecule is CCc1cc2c(-c3ccccc3C(=O)O)c3c(=O)oc4cc5c(cc4c3oc-2cc1=[N+](C)C)C(C)=CC(C)(C)N5CC. The molecule has 3 aromatic rings. The van der Waals surface area contributed by atoms with Crippen LogP contribution in [-0.4, -0.2) is 37.3 Å². The van der Waals surface area contributed by atoms with Gasteiger partial charge in [0.1, 0.15) is 30.8 Å². The Kier molecular flexibility index (Phi) is 6.37. The van der Waals surface area contributed by atoms with Crippen LogP contribution in [-0.2, 0) is 6.42 Å². The van der Waals surface area contributed by atoms with Crippen LogP contribution in [0, 0.1) is 0 Å². The third kappa shape index (κ3) is 4.06. The number of carboxylic acid groups (broad SMARTS) is 1. The Hall–Kier alpha value is -4.65. The van der Waals surface area contributed by atoms with E-state index in [0.29, 0.717) is 39.0 Å². The van der Waals surface area contributed by atoms with E-state index in [-0.39, 0.29) is 16.5 Å². The molecule has 1 N–H and O–H groups in total. The fourth-order valence-electron chi connectivity index (χ4n) is 6.65. The summed E-state index contributed by atoms with van der Waals surface area (Å²) >= 11 is 0. The van der Waals surface area contributed by atoms with Crippen molar-refractivity contribution in [2.45, 2.75) is 46.6 Å². The highest BCUT2D eigenvalue weighted by atomic mass is 16.4. The average molecular weight is 564 g/mol. The smallest absolute Gasteiger partial charge is 0.348 e. The molecule has 7 nitrogen and oxygen atoms in total. The number of nitrogens with zero attached hydrogens (tertiary/aromatic N) is 2. The summed E-state index contributed by atoms with van der Waals surface area (Å²) in [5.74, 6) is -0.512. The van der Waals surface area contributed by atoms with Crippen molar-refractivity contribution in [2.24, 2.45) is 0 Å². The molecule has 214 valence electrons. The van der Waals surface area contributed by atoms with Crippen LogP contribution < -0.4 is 20.5 Å². The number of aromatic carboxylic acids is 1. The van der Waals surface area contributed by atoms with Gasteiger partial charge in [-0.15, -0.1) is 0 Å². The van der Waals surface area contributed by atoms with Crippen LogP contribution in [0.3, 0.4) is 0 Å². The lowest BCUT2D eigenvalue weighted by atomic mass is 9.87. The van der Waals surface area contributed by atoms with Crippen molar-refractivity contribution in [2.75, 3.05) is 25.5 Å². The van der Waals surface area contributed by atoms with Crippen molar-refractivity contribution >= 4 is 39.2 Å². The van der Waals surface area contributed by atoms with E-state index in [9.17, 15) is 14.7 Å². The van der Waals surface area contributed by atoms with Gasteiger partial charge < -0.3 is 18.8 Å². The summed E-state index contributed by atoms with van der Waals surface area (Å²) in [5, 5.41) is 12.0. The van der Waals surface area contributed by atoms with Crippen molar-refractivity contribution in [1.29, 1.82) is 0 Å². The molecule has 42 heavy (non-hydrogen) atoms. The van der Waals surface area contributed by atoms with Crippen LogP contribution in [0.4, 0.5) is 5.69 Å². The number of carboxylic acids is 1. The Labute approximate surface area is 244 Å². The zero-order chi connectivity index (χ0) is 30.1. The molecule has 0 unspecified atom stereocenters. The predicted molar refractivity (Wildman–Crippen MR) is 169 cm³/mol. The maximum absolute atomic E-state index is 13.9. The first kappa shape index (κ1) is 27.5. The second-order valence-corrected chi connectivity index (χ2v) is 11.7. The van der Waals surface area contributed by atoms with Crippen molar-refractivity contribution in [1.82, 2.24) is 4.58 Å². The largest absolute Gasteiger partial charge is 0.478 e. The molecule has 0 amide bonds. The van der Waals surface area contributed by atoms with Crippen LogP contribution in [0.15, 0.2) is 68.2 Å². The quantitative estimate of drug-likeness (QED) is 0.114. The summed E-state index contributed by atoms with van der Waals surface area (Å²) in [7, 11) is 3.96. The third-order valence-corrected chi connectivity index (χ3v) is 8.48. The van der Waals surface area contributed by atoms with E-state index >= 15 is 0 Å². The molecule has 3 heterocycles. The van der Waals surface area contributed by atoms with Gasteiger partial charge in [0.05, 0.1) is 22.6 Å². The Morgan fingerprint density at radius 3 is 2.40 bits per heavy atom. The second-order valence-electron chi connectivity index (χ2n) is 11.7. The molecule has 2 aliphatic heterocycles. The highest BCUT2D eigenvalue weighted by molar-refractivity contribution is 6.13. The van der Waals surface area contributed by atoms with E-state index in [1.165, 1.54) is 0 Å². The number of likely N-dealkylation sites (N-methyl/N-ethyl adjacent to an activating group) is 1. The fraction of sp³-hybridized carbons (Fsp3) is 0.286. The van der Waals surface area contributed by atoms with E-state index in [0.717, 1.165) is 40.7 Å². The number of rotatable bonds is 4. The molecule has 0 bridgehead atoms. The standard InChI is InChI=1S/C35H34N2O5/c1-8-20-14-24-28(16-26(20)36(6)7)41-32-25-15-23-19(3)18-35(4,5)37(9-2)27(23)17-29(25)42-34(40)31(32)30(24)21-12-10-11-13-22(21)33(38)39/h10-18H,8-9H2,1-7H3/p+1. The summed E-state index contributed by atoms with van der Waals surface area (Å²) in [6.45, 7) is 11.4. The van der Waals surface area contributed by atoms with Gasteiger partial charge in [0, 0.05) is 40.6 Å². The van der Waals surface area contributed by atoms with Gasteiger partial charge >= 0.3 is 11.6 Å². The Morgan fingerprint density at radius 1 is 1.00 bits per heavy atom.